The van der Waals surface area contributed by atoms with Crippen LogP contribution in [-0.2, 0) is 9.53 Å². The molecule has 2 atom stereocenters. The maximum atomic E-state index is 12.8. The van der Waals surface area contributed by atoms with E-state index in [1.54, 1.807) is 6.92 Å². The zero-order valence-electron chi connectivity index (χ0n) is 13.0. The quantitative estimate of drug-likeness (QED) is 0.812. The lowest BCUT2D eigenvalue weighted by atomic mass is 9.67. The molecule has 0 aromatic heterocycles. The number of Topliss-reactive ketones (excluding diaryl/α,β-unsaturated/α-hetero) is 1. The number of rotatable bonds is 3. The van der Waals surface area contributed by atoms with E-state index in [4.69, 9.17) is 4.74 Å². The number of epoxide rings is 1. The lowest BCUT2D eigenvalue weighted by molar-refractivity contribution is -0.137. The molecule has 2 fully saturated rings. The van der Waals surface area contributed by atoms with E-state index in [9.17, 15) is 9.90 Å². The average molecular weight is 286 g/mol. The van der Waals surface area contributed by atoms with Crippen molar-refractivity contribution >= 4 is 5.78 Å². The van der Waals surface area contributed by atoms with Gasteiger partial charge < -0.3 is 9.84 Å². The molecule has 3 aliphatic carbocycles. The molecule has 1 saturated heterocycles. The van der Waals surface area contributed by atoms with E-state index in [0.717, 1.165) is 43.4 Å². The third-order valence-electron chi connectivity index (χ3n) is 5.99. The summed E-state index contributed by atoms with van der Waals surface area (Å²) >= 11 is 0. The molecule has 3 heteroatoms. The molecule has 1 unspecified atom stereocenters. The molecular weight excluding hydrogens is 264 g/mol. The highest BCUT2D eigenvalue weighted by atomic mass is 16.6. The van der Waals surface area contributed by atoms with Crippen molar-refractivity contribution < 1.29 is 14.6 Å². The molecule has 1 N–H and O–H groups in total. The first-order chi connectivity index (χ1) is 9.88. The fourth-order valence-corrected chi connectivity index (χ4v) is 4.28. The van der Waals surface area contributed by atoms with Gasteiger partial charge >= 0.3 is 0 Å². The maximum Gasteiger partial charge on any atom is 0.195 e. The Balaban J connectivity index is 1.78. The van der Waals surface area contributed by atoms with Crippen molar-refractivity contribution in [3.63, 3.8) is 0 Å². The summed E-state index contributed by atoms with van der Waals surface area (Å²) in [5.74, 6) is -0.0855. The van der Waals surface area contributed by atoms with Gasteiger partial charge in [0, 0.05) is 11.0 Å². The minimum absolute atomic E-state index is 0.0855. The standard InChI is InChI=1S/C18H22O3/c1-10-8-14-15(13(10)5-4-12-9-21-12)11(2)18(6-7-18)17(3,20)16(14)19/h8,12,20H,4-7,9H2,1-3H3/t12?,17-/m0/s1. The monoisotopic (exact) mass is 286 g/mol. The van der Waals surface area contributed by atoms with Crippen LogP contribution in [0.5, 0.6) is 0 Å². The molecule has 4 rings (SSSR count). The Hall–Kier alpha value is -1.19. The minimum atomic E-state index is -1.23. The van der Waals surface area contributed by atoms with Crippen LogP contribution in [0.1, 0.15) is 46.5 Å². The molecule has 1 saturated carbocycles. The second-order valence-electron chi connectivity index (χ2n) is 7.20. The number of fused-ring (bicyclic) bond motifs is 1. The molecule has 21 heavy (non-hydrogen) atoms. The van der Waals surface area contributed by atoms with Gasteiger partial charge in [0.15, 0.2) is 5.78 Å². The summed E-state index contributed by atoms with van der Waals surface area (Å²) in [7, 11) is 0. The number of allylic oxidation sites excluding steroid dienone is 4. The molecule has 1 heterocycles. The first-order valence-corrected chi connectivity index (χ1v) is 7.91. The smallest absolute Gasteiger partial charge is 0.195 e. The van der Waals surface area contributed by atoms with Gasteiger partial charge in [0.25, 0.3) is 0 Å². The Kier molecular flexibility index (Phi) is 2.54. The number of hydrogen-bond donors (Lipinski definition) is 1. The van der Waals surface area contributed by atoms with E-state index in [0.29, 0.717) is 6.10 Å². The predicted octanol–water partition coefficient (Wildman–Crippen LogP) is 2.85. The van der Waals surface area contributed by atoms with Gasteiger partial charge in [0.05, 0.1) is 12.7 Å². The van der Waals surface area contributed by atoms with Crippen LogP contribution in [0.15, 0.2) is 33.9 Å². The van der Waals surface area contributed by atoms with Crippen molar-refractivity contribution in [2.45, 2.75) is 58.2 Å². The molecule has 3 nitrogen and oxygen atoms in total. The summed E-state index contributed by atoms with van der Waals surface area (Å²) < 4.78 is 5.31. The van der Waals surface area contributed by atoms with Gasteiger partial charge in [-0.15, -0.1) is 0 Å². The maximum absolute atomic E-state index is 12.8. The summed E-state index contributed by atoms with van der Waals surface area (Å²) in [6.45, 7) is 6.77. The molecule has 1 aliphatic heterocycles. The fraction of sp³-hybridized carbons (Fsp3) is 0.611. The van der Waals surface area contributed by atoms with Gasteiger partial charge in [-0.25, -0.2) is 0 Å². The Labute approximate surface area is 125 Å². The number of aliphatic hydroxyl groups is 1. The normalized spacial score (nSPS) is 36.3. The lowest BCUT2D eigenvalue weighted by Gasteiger charge is -2.39. The zero-order valence-corrected chi connectivity index (χ0v) is 13.0. The van der Waals surface area contributed by atoms with Crippen molar-refractivity contribution in [2.24, 2.45) is 5.41 Å². The van der Waals surface area contributed by atoms with Crippen LogP contribution < -0.4 is 0 Å². The van der Waals surface area contributed by atoms with Gasteiger partial charge in [-0.1, -0.05) is 5.57 Å². The van der Waals surface area contributed by atoms with Crippen molar-refractivity contribution in [1.82, 2.24) is 0 Å². The van der Waals surface area contributed by atoms with E-state index in [1.165, 1.54) is 16.7 Å². The van der Waals surface area contributed by atoms with Crippen LogP contribution in [0.25, 0.3) is 0 Å². The van der Waals surface area contributed by atoms with Crippen LogP contribution in [0.2, 0.25) is 0 Å². The van der Waals surface area contributed by atoms with E-state index in [2.05, 4.69) is 13.8 Å². The first-order valence-electron chi connectivity index (χ1n) is 7.91. The molecule has 4 aliphatic rings. The van der Waals surface area contributed by atoms with Gasteiger partial charge in [-0.3, -0.25) is 4.79 Å². The van der Waals surface area contributed by atoms with E-state index < -0.39 is 5.60 Å². The minimum Gasteiger partial charge on any atom is -0.381 e. The molecule has 0 bridgehead atoms. The highest BCUT2D eigenvalue weighted by Gasteiger charge is 2.64. The molecule has 112 valence electrons. The van der Waals surface area contributed by atoms with E-state index in [1.807, 2.05) is 6.08 Å². The van der Waals surface area contributed by atoms with Crippen LogP contribution in [0.3, 0.4) is 0 Å². The lowest BCUT2D eigenvalue weighted by Crippen LogP contribution is -2.49. The molecule has 0 radical (unpaired) electrons. The Morgan fingerprint density at radius 2 is 2.05 bits per heavy atom. The topological polar surface area (TPSA) is 49.8 Å². The summed E-state index contributed by atoms with van der Waals surface area (Å²) in [4.78, 5) is 12.8. The number of ketones is 1. The fourth-order valence-electron chi connectivity index (χ4n) is 4.28. The number of carbonyl (C=O) groups is 1. The van der Waals surface area contributed by atoms with Gasteiger partial charge in [0.1, 0.15) is 5.60 Å². The Bertz CT molecular complexity index is 637. The molecule has 0 aromatic carbocycles. The highest BCUT2D eigenvalue weighted by molar-refractivity contribution is 6.10. The summed E-state index contributed by atoms with van der Waals surface area (Å²) in [5, 5.41) is 10.8. The van der Waals surface area contributed by atoms with Crippen LogP contribution in [0, 0.1) is 5.41 Å². The largest absolute Gasteiger partial charge is 0.381 e. The predicted molar refractivity (Wildman–Crippen MR) is 79.8 cm³/mol. The highest BCUT2D eigenvalue weighted by Crippen LogP contribution is 2.65. The third-order valence-corrected chi connectivity index (χ3v) is 5.99. The molecule has 1 spiro atoms. The molecular formula is C18H22O3. The van der Waals surface area contributed by atoms with Crippen molar-refractivity contribution in [3.05, 3.63) is 33.9 Å². The Morgan fingerprint density at radius 1 is 1.38 bits per heavy atom. The first kappa shape index (κ1) is 13.5. The summed E-state index contributed by atoms with van der Waals surface area (Å²) in [6, 6.07) is 0. The van der Waals surface area contributed by atoms with E-state index >= 15 is 0 Å². The molecule has 0 amide bonds. The van der Waals surface area contributed by atoms with Gasteiger partial charge in [-0.2, -0.15) is 0 Å². The SMILES string of the molecule is CC1=C(CCC2CO2)C2=C(C)C3(CC3)[C@@](C)(O)C(=O)C2=C1. The second-order valence-corrected chi connectivity index (χ2v) is 7.20. The van der Waals surface area contributed by atoms with Crippen molar-refractivity contribution in [1.29, 1.82) is 0 Å². The summed E-state index contributed by atoms with van der Waals surface area (Å²) in [5.41, 5.74) is 4.04. The zero-order chi connectivity index (χ0) is 15.0. The van der Waals surface area contributed by atoms with Gasteiger partial charge in [-0.05, 0) is 69.2 Å². The van der Waals surface area contributed by atoms with Crippen molar-refractivity contribution in [3.8, 4) is 0 Å². The average Bonchev–Trinajstić information content (AvgIpc) is 3.32. The van der Waals surface area contributed by atoms with Crippen LogP contribution in [-0.4, -0.2) is 29.2 Å². The van der Waals surface area contributed by atoms with Gasteiger partial charge in [0.2, 0.25) is 0 Å². The van der Waals surface area contributed by atoms with Crippen molar-refractivity contribution in [2.75, 3.05) is 6.61 Å². The number of ether oxygens (including phenoxy) is 1. The summed E-state index contributed by atoms with van der Waals surface area (Å²) in [6.07, 6.45) is 6.23. The second kappa shape index (κ2) is 3.96. The van der Waals surface area contributed by atoms with E-state index in [-0.39, 0.29) is 11.2 Å². The third kappa shape index (κ3) is 1.65. The number of hydrogen-bond acceptors (Lipinski definition) is 3. The van der Waals surface area contributed by atoms with Crippen LogP contribution >= 0.6 is 0 Å². The molecule has 0 aromatic rings. The Morgan fingerprint density at radius 3 is 2.62 bits per heavy atom. The number of carbonyl (C=O) groups excluding carboxylic acids is 1. The van der Waals surface area contributed by atoms with Crippen LogP contribution in [0.4, 0.5) is 0 Å².